The molecule has 19 heavy (non-hydrogen) atoms. The molecule has 0 fully saturated rings. The number of aliphatic carboxylic acids is 1. The van der Waals surface area contributed by atoms with E-state index in [1.54, 1.807) is 11.3 Å². The second-order valence-electron chi connectivity index (χ2n) is 4.61. The molecule has 106 valence electrons. The highest BCUT2D eigenvalue weighted by molar-refractivity contribution is 7.09. The fourth-order valence-corrected chi connectivity index (χ4v) is 2.58. The number of carbonyl (C=O) groups is 2. The maximum absolute atomic E-state index is 11.6. The van der Waals surface area contributed by atoms with E-state index < -0.39 is 5.97 Å². The van der Waals surface area contributed by atoms with Gasteiger partial charge in [0.2, 0.25) is 5.91 Å². The number of hydrogen-bond acceptors (Lipinski definition) is 3. The molecule has 1 rings (SSSR count). The summed E-state index contributed by atoms with van der Waals surface area (Å²) >= 11 is 1.71. The molecule has 0 aliphatic carbocycles. The third-order valence-corrected chi connectivity index (χ3v) is 3.97. The predicted octanol–water partition coefficient (Wildman–Crippen LogP) is 2.69. The zero-order chi connectivity index (χ0) is 14.1. The van der Waals surface area contributed by atoms with Gasteiger partial charge in [-0.2, -0.15) is 0 Å². The molecule has 1 unspecified atom stereocenters. The average Bonchev–Trinajstić information content (AvgIpc) is 2.87. The van der Waals surface area contributed by atoms with Crippen LogP contribution in [0, 0.1) is 5.92 Å². The van der Waals surface area contributed by atoms with E-state index in [1.165, 1.54) is 4.88 Å². The molecule has 0 saturated heterocycles. The molecule has 5 heteroatoms. The van der Waals surface area contributed by atoms with Crippen molar-refractivity contribution in [3.8, 4) is 0 Å². The van der Waals surface area contributed by atoms with Gasteiger partial charge in [0.05, 0.1) is 0 Å². The third kappa shape index (κ3) is 6.96. The highest BCUT2D eigenvalue weighted by atomic mass is 32.1. The van der Waals surface area contributed by atoms with Gasteiger partial charge in [-0.15, -0.1) is 11.3 Å². The number of rotatable bonds is 9. The van der Waals surface area contributed by atoms with Crippen molar-refractivity contribution >= 4 is 23.2 Å². The molecule has 0 aliphatic heterocycles. The van der Waals surface area contributed by atoms with Crippen molar-refractivity contribution in [1.82, 2.24) is 5.32 Å². The lowest BCUT2D eigenvalue weighted by atomic mass is 10.0. The van der Waals surface area contributed by atoms with Gasteiger partial charge < -0.3 is 10.4 Å². The summed E-state index contributed by atoms with van der Waals surface area (Å²) in [5, 5.41) is 13.6. The Kier molecular flexibility index (Phi) is 7.18. The van der Waals surface area contributed by atoms with Crippen molar-refractivity contribution in [2.75, 3.05) is 6.54 Å². The average molecular weight is 283 g/mol. The molecule has 4 nitrogen and oxygen atoms in total. The van der Waals surface area contributed by atoms with Gasteiger partial charge in [-0.3, -0.25) is 9.59 Å². The molecule has 1 aromatic rings. The largest absolute Gasteiger partial charge is 0.481 e. The highest BCUT2D eigenvalue weighted by Gasteiger charge is 2.12. The van der Waals surface area contributed by atoms with E-state index in [2.05, 4.69) is 11.4 Å². The summed E-state index contributed by atoms with van der Waals surface area (Å²) in [6, 6.07) is 4.08. The van der Waals surface area contributed by atoms with Crippen LogP contribution in [0.25, 0.3) is 0 Å². The van der Waals surface area contributed by atoms with E-state index in [1.807, 2.05) is 18.4 Å². The van der Waals surface area contributed by atoms with E-state index in [4.69, 9.17) is 5.11 Å². The van der Waals surface area contributed by atoms with Crippen molar-refractivity contribution in [2.45, 2.75) is 39.0 Å². The van der Waals surface area contributed by atoms with Gasteiger partial charge in [-0.25, -0.2) is 0 Å². The van der Waals surface area contributed by atoms with Crippen LogP contribution in [-0.2, 0) is 16.0 Å². The van der Waals surface area contributed by atoms with Gasteiger partial charge in [0.1, 0.15) is 0 Å². The predicted molar refractivity (Wildman–Crippen MR) is 76.3 cm³/mol. The highest BCUT2D eigenvalue weighted by Crippen LogP contribution is 2.12. The Morgan fingerprint density at radius 1 is 1.47 bits per heavy atom. The SMILES string of the molecule is CCC(CNC(=O)CCCc1cccs1)CC(=O)O. The van der Waals surface area contributed by atoms with E-state index in [0.717, 1.165) is 19.3 Å². The van der Waals surface area contributed by atoms with Crippen LogP contribution >= 0.6 is 11.3 Å². The molecule has 2 N–H and O–H groups in total. The Hall–Kier alpha value is -1.36. The lowest BCUT2D eigenvalue weighted by molar-refractivity contribution is -0.138. The van der Waals surface area contributed by atoms with Crippen molar-refractivity contribution in [1.29, 1.82) is 0 Å². The number of thiophene rings is 1. The standard InChI is InChI=1S/C14H21NO3S/c1-2-11(9-14(17)18)10-15-13(16)7-3-5-12-6-4-8-19-12/h4,6,8,11H,2-3,5,7,9-10H2,1H3,(H,15,16)(H,17,18). The molecule has 0 spiro atoms. The van der Waals surface area contributed by atoms with Crippen molar-refractivity contribution < 1.29 is 14.7 Å². The van der Waals surface area contributed by atoms with Gasteiger partial charge >= 0.3 is 5.97 Å². The first-order valence-electron chi connectivity index (χ1n) is 6.62. The Morgan fingerprint density at radius 2 is 2.26 bits per heavy atom. The first kappa shape index (κ1) is 15.7. The number of carboxylic acid groups (broad SMARTS) is 1. The zero-order valence-electron chi connectivity index (χ0n) is 11.2. The van der Waals surface area contributed by atoms with E-state index in [0.29, 0.717) is 13.0 Å². The van der Waals surface area contributed by atoms with Crippen LogP contribution in [0.3, 0.4) is 0 Å². The number of nitrogens with one attached hydrogen (secondary N) is 1. The van der Waals surface area contributed by atoms with E-state index in [9.17, 15) is 9.59 Å². The molecule has 1 aromatic heterocycles. The Balaban J connectivity index is 2.14. The summed E-state index contributed by atoms with van der Waals surface area (Å²) in [4.78, 5) is 23.5. The zero-order valence-corrected chi connectivity index (χ0v) is 12.0. The molecule has 0 bridgehead atoms. The minimum atomic E-state index is -0.807. The summed E-state index contributed by atoms with van der Waals surface area (Å²) in [6.07, 6.45) is 3.15. The topological polar surface area (TPSA) is 66.4 Å². The Morgan fingerprint density at radius 3 is 2.84 bits per heavy atom. The molecule has 1 heterocycles. The van der Waals surface area contributed by atoms with Crippen molar-refractivity contribution in [3.05, 3.63) is 22.4 Å². The first-order valence-corrected chi connectivity index (χ1v) is 7.50. The second kappa shape index (κ2) is 8.69. The smallest absolute Gasteiger partial charge is 0.303 e. The normalized spacial score (nSPS) is 12.1. The molecule has 1 amide bonds. The molecule has 1 atom stereocenters. The summed E-state index contributed by atoms with van der Waals surface area (Å²) in [5.41, 5.74) is 0. The Labute approximate surface area is 117 Å². The van der Waals surface area contributed by atoms with Crippen LogP contribution in [0.2, 0.25) is 0 Å². The summed E-state index contributed by atoms with van der Waals surface area (Å²) in [6.45, 7) is 2.40. The number of amides is 1. The molecular weight excluding hydrogens is 262 g/mol. The van der Waals surface area contributed by atoms with E-state index >= 15 is 0 Å². The Bertz CT molecular complexity index is 389. The molecule has 0 radical (unpaired) electrons. The van der Waals surface area contributed by atoms with Gasteiger partial charge in [0.25, 0.3) is 0 Å². The van der Waals surface area contributed by atoms with E-state index in [-0.39, 0.29) is 18.2 Å². The van der Waals surface area contributed by atoms with Crippen LogP contribution in [0.5, 0.6) is 0 Å². The second-order valence-corrected chi connectivity index (χ2v) is 5.64. The summed E-state index contributed by atoms with van der Waals surface area (Å²) in [7, 11) is 0. The van der Waals surface area contributed by atoms with Crippen LogP contribution in [0.1, 0.15) is 37.5 Å². The van der Waals surface area contributed by atoms with Crippen LogP contribution < -0.4 is 5.32 Å². The number of hydrogen-bond donors (Lipinski definition) is 2. The first-order chi connectivity index (χ1) is 9.11. The number of aryl methyl sites for hydroxylation is 1. The maximum Gasteiger partial charge on any atom is 0.303 e. The van der Waals surface area contributed by atoms with Gasteiger partial charge in [-0.05, 0) is 30.2 Å². The van der Waals surface area contributed by atoms with Crippen LogP contribution in [0.15, 0.2) is 17.5 Å². The molecule has 0 aromatic carbocycles. The molecule has 0 aliphatic rings. The summed E-state index contributed by atoms with van der Waals surface area (Å²) < 4.78 is 0. The quantitative estimate of drug-likeness (QED) is 0.732. The lowest BCUT2D eigenvalue weighted by Crippen LogP contribution is -2.30. The van der Waals surface area contributed by atoms with Crippen molar-refractivity contribution in [2.24, 2.45) is 5.92 Å². The van der Waals surface area contributed by atoms with Gasteiger partial charge in [0.15, 0.2) is 0 Å². The third-order valence-electron chi connectivity index (χ3n) is 3.04. The number of carbonyl (C=O) groups excluding carboxylic acids is 1. The maximum atomic E-state index is 11.6. The molecule has 0 saturated carbocycles. The van der Waals surface area contributed by atoms with Crippen LogP contribution in [0.4, 0.5) is 0 Å². The monoisotopic (exact) mass is 283 g/mol. The van der Waals surface area contributed by atoms with Crippen molar-refractivity contribution in [3.63, 3.8) is 0 Å². The fourth-order valence-electron chi connectivity index (χ4n) is 1.83. The minimum Gasteiger partial charge on any atom is -0.481 e. The summed E-state index contributed by atoms with van der Waals surface area (Å²) in [5.74, 6) is -0.766. The number of carboxylic acids is 1. The van der Waals surface area contributed by atoms with Gasteiger partial charge in [0, 0.05) is 24.3 Å². The van der Waals surface area contributed by atoms with Gasteiger partial charge in [-0.1, -0.05) is 19.4 Å². The van der Waals surface area contributed by atoms with Crippen LogP contribution in [-0.4, -0.2) is 23.5 Å². The molecular formula is C14H21NO3S. The lowest BCUT2D eigenvalue weighted by Gasteiger charge is -2.13. The fraction of sp³-hybridized carbons (Fsp3) is 0.571. The minimum absolute atomic E-state index is 0.0143.